The molecule has 0 aromatic rings. The molecule has 0 aromatic carbocycles. The molecule has 0 radical (unpaired) electrons. The lowest BCUT2D eigenvalue weighted by molar-refractivity contribution is 0.0992. The molecule has 16 heavy (non-hydrogen) atoms. The average Bonchev–Trinajstić information content (AvgIpc) is 2.85. The third kappa shape index (κ3) is 2.68. The molecule has 0 saturated carbocycles. The van der Waals surface area contributed by atoms with Gasteiger partial charge in [-0.2, -0.15) is 0 Å². The molecular weight excluding hydrogens is 226 g/mol. The number of nitrogens with one attached hydrogen (secondary N) is 2. The van der Waals surface area contributed by atoms with Gasteiger partial charge in [-0.1, -0.05) is 18.2 Å². The van der Waals surface area contributed by atoms with Crippen LogP contribution in [0.3, 0.4) is 0 Å². The predicted molar refractivity (Wildman–Crippen MR) is 65.8 cm³/mol. The summed E-state index contributed by atoms with van der Waals surface area (Å²) in [4.78, 5) is 4.15. The van der Waals surface area contributed by atoms with E-state index in [1.54, 1.807) is 7.05 Å². The van der Waals surface area contributed by atoms with Crippen LogP contribution in [0.4, 0.5) is 0 Å². The Morgan fingerprint density at radius 1 is 1.56 bits per heavy atom. The molecule has 2 aliphatic rings. The van der Waals surface area contributed by atoms with Gasteiger partial charge in [0.05, 0.1) is 24.8 Å². The summed E-state index contributed by atoms with van der Waals surface area (Å²) in [5.41, 5.74) is 0. The highest BCUT2D eigenvalue weighted by atomic mass is 35.5. The lowest BCUT2D eigenvalue weighted by Gasteiger charge is -2.22. The summed E-state index contributed by atoms with van der Waals surface area (Å²) in [6.07, 6.45) is 4.23. The maximum atomic E-state index is 5.77. The summed E-state index contributed by atoms with van der Waals surface area (Å²) in [5.74, 6) is 0.767. The van der Waals surface area contributed by atoms with Crippen molar-refractivity contribution in [3.05, 3.63) is 11.6 Å². The van der Waals surface area contributed by atoms with E-state index in [4.69, 9.17) is 16.3 Å². The normalized spacial score (nSPS) is 32.9. The Labute approximate surface area is 101 Å². The molecule has 2 rings (SSSR count). The van der Waals surface area contributed by atoms with Crippen LogP contribution in [0, 0.1) is 0 Å². The Balaban J connectivity index is 1.81. The molecule has 4 nitrogen and oxygen atoms in total. The lowest BCUT2D eigenvalue weighted by Crippen LogP contribution is -2.47. The van der Waals surface area contributed by atoms with Gasteiger partial charge in [-0.05, 0) is 19.3 Å². The van der Waals surface area contributed by atoms with Crippen molar-refractivity contribution in [3.63, 3.8) is 0 Å². The molecule has 2 saturated heterocycles. The average molecular weight is 244 g/mol. The molecule has 3 unspecified atom stereocenters. The van der Waals surface area contributed by atoms with Crippen molar-refractivity contribution in [3.8, 4) is 0 Å². The highest BCUT2D eigenvalue weighted by Gasteiger charge is 2.40. The third-order valence-corrected chi connectivity index (χ3v) is 3.23. The number of aliphatic imine (C=N–C) groups is 1. The first-order valence-electron chi connectivity index (χ1n) is 5.65. The fourth-order valence-electron chi connectivity index (χ4n) is 2.34. The minimum Gasteiger partial charge on any atom is -0.373 e. The molecule has 3 atom stereocenters. The van der Waals surface area contributed by atoms with Crippen LogP contribution in [0.2, 0.25) is 0 Å². The molecule has 2 N–H and O–H groups in total. The predicted octanol–water partition coefficient (Wildman–Crippen LogP) is 1.22. The molecule has 2 fully saturated rings. The second-order valence-corrected chi connectivity index (χ2v) is 4.84. The maximum absolute atomic E-state index is 5.77. The zero-order valence-electron chi connectivity index (χ0n) is 9.50. The molecule has 0 amide bonds. The van der Waals surface area contributed by atoms with Gasteiger partial charge in [-0.3, -0.25) is 4.99 Å². The molecule has 2 aliphatic heterocycles. The Kier molecular flexibility index (Phi) is 3.71. The molecule has 0 spiro atoms. The van der Waals surface area contributed by atoms with Crippen molar-refractivity contribution in [1.82, 2.24) is 10.6 Å². The van der Waals surface area contributed by atoms with Gasteiger partial charge in [0, 0.05) is 12.1 Å². The summed E-state index contributed by atoms with van der Waals surface area (Å²) in [6.45, 7) is 4.16. The van der Waals surface area contributed by atoms with Crippen molar-refractivity contribution in [2.75, 3.05) is 13.6 Å². The number of halogens is 1. The first-order chi connectivity index (χ1) is 7.69. The topological polar surface area (TPSA) is 45.7 Å². The smallest absolute Gasteiger partial charge is 0.191 e. The Morgan fingerprint density at radius 3 is 2.88 bits per heavy atom. The minimum absolute atomic E-state index is 0.350. The van der Waals surface area contributed by atoms with Crippen molar-refractivity contribution in [2.24, 2.45) is 4.99 Å². The fourth-order valence-corrected chi connectivity index (χ4v) is 2.41. The van der Waals surface area contributed by atoms with Gasteiger partial charge in [0.25, 0.3) is 0 Å². The third-order valence-electron chi connectivity index (χ3n) is 3.10. The van der Waals surface area contributed by atoms with Crippen LogP contribution >= 0.6 is 11.6 Å². The van der Waals surface area contributed by atoms with Crippen molar-refractivity contribution in [1.29, 1.82) is 0 Å². The molecule has 2 heterocycles. The van der Waals surface area contributed by atoms with E-state index in [1.807, 2.05) is 0 Å². The van der Waals surface area contributed by atoms with E-state index in [0.29, 0.717) is 29.8 Å². The highest BCUT2D eigenvalue weighted by Crippen LogP contribution is 2.34. The van der Waals surface area contributed by atoms with E-state index < -0.39 is 0 Å². The number of hydrogen-bond donors (Lipinski definition) is 2. The minimum atomic E-state index is 0.350. The first kappa shape index (κ1) is 11.7. The van der Waals surface area contributed by atoms with Crippen LogP contribution in [0.1, 0.15) is 19.3 Å². The van der Waals surface area contributed by atoms with Crippen LogP contribution in [0.25, 0.3) is 0 Å². The van der Waals surface area contributed by atoms with Gasteiger partial charge >= 0.3 is 0 Å². The van der Waals surface area contributed by atoms with Crippen molar-refractivity contribution >= 4 is 17.6 Å². The summed E-state index contributed by atoms with van der Waals surface area (Å²) in [7, 11) is 1.75. The van der Waals surface area contributed by atoms with E-state index in [1.165, 1.54) is 6.42 Å². The Hall–Kier alpha value is -0.740. The van der Waals surface area contributed by atoms with E-state index in [-0.39, 0.29) is 0 Å². The number of ether oxygens (including phenoxy) is 1. The molecule has 0 aliphatic carbocycles. The van der Waals surface area contributed by atoms with Gasteiger partial charge in [-0.25, -0.2) is 0 Å². The summed E-state index contributed by atoms with van der Waals surface area (Å²) in [6, 6.07) is 0.383. The van der Waals surface area contributed by atoms with Gasteiger partial charge in [0.15, 0.2) is 5.96 Å². The van der Waals surface area contributed by atoms with E-state index in [2.05, 4.69) is 22.2 Å². The maximum Gasteiger partial charge on any atom is 0.191 e. The van der Waals surface area contributed by atoms with Gasteiger partial charge in [-0.15, -0.1) is 0 Å². The van der Waals surface area contributed by atoms with Crippen LogP contribution in [0.5, 0.6) is 0 Å². The molecule has 5 heteroatoms. The van der Waals surface area contributed by atoms with Gasteiger partial charge in [0.1, 0.15) is 0 Å². The van der Waals surface area contributed by atoms with Gasteiger partial charge < -0.3 is 15.4 Å². The first-order valence-corrected chi connectivity index (χ1v) is 6.02. The summed E-state index contributed by atoms with van der Waals surface area (Å²) in [5, 5.41) is 7.05. The number of fused-ring (bicyclic) bond motifs is 2. The largest absolute Gasteiger partial charge is 0.373 e. The van der Waals surface area contributed by atoms with Crippen molar-refractivity contribution < 1.29 is 4.74 Å². The standard InChI is InChI=1S/C11H18ClN3O/c1-7(12)6-14-11(13-2)15-9-5-8-3-4-10(9)16-8/h8-10H,1,3-6H2,2H3,(H2,13,14,15). The highest BCUT2D eigenvalue weighted by molar-refractivity contribution is 6.29. The second-order valence-electron chi connectivity index (χ2n) is 4.30. The zero-order valence-corrected chi connectivity index (χ0v) is 10.3. The Morgan fingerprint density at radius 2 is 2.38 bits per heavy atom. The van der Waals surface area contributed by atoms with Crippen LogP contribution in [-0.4, -0.2) is 37.8 Å². The van der Waals surface area contributed by atoms with E-state index >= 15 is 0 Å². The number of guanidine groups is 1. The summed E-state index contributed by atoms with van der Waals surface area (Å²) >= 11 is 5.69. The van der Waals surface area contributed by atoms with E-state index in [9.17, 15) is 0 Å². The lowest BCUT2D eigenvalue weighted by atomic mass is 9.96. The van der Waals surface area contributed by atoms with Crippen LogP contribution in [0.15, 0.2) is 16.6 Å². The van der Waals surface area contributed by atoms with Gasteiger partial charge in [0.2, 0.25) is 0 Å². The molecule has 90 valence electrons. The zero-order chi connectivity index (χ0) is 11.5. The quantitative estimate of drug-likeness (QED) is 0.579. The Bertz CT molecular complexity index is 306. The second kappa shape index (κ2) is 5.06. The molecular formula is C11H18ClN3O. The van der Waals surface area contributed by atoms with E-state index in [0.717, 1.165) is 18.8 Å². The molecule has 0 aromatic heterocycles. The number of hydrogen-bond acceptors (Lipinski definition) is 2. The van der Waals surface area contributed by atoms with Crippen LogP contribution < -0.4 is 10.6 Å². The van der Waals surface area contributed by atoms with Crippen LogP contribution in [-0.2, 0) is 4.74 Å². The SMILES string of the molecule is C=C(Cl)CNC(=NC)NC1CC2CCC1O2. The number of nitrogens with zero attached hydrogens (tertiary/aromatic N) is 1. The number of rotatable bonds is 3. The monoisotopic (exact) mass is 243 g/mol. The van der Waals surface area contributed by atoms with Crippen molar-refractivity contribution in [2.45, 2.75) is 37.5 Å². The summed E-state index contributed by atoms with van der Waals surface area (Å²) < 4.78 is 5.77. The molecule has 2 bridgehead atoms. The fraction of sp³-hybridized carbons (Fsp3) is 0.727.